The average Bonchev–Trinajstić information content (AvgIpc) is 2.97. The van der Waals surface area contributed by atoms with Crippen molar-refractivity contribution in [2.45, 2.75) is 45.1 Å². The van der Waals surface area contributed by atoms with E-state index in [-0.39, 0.29) is 11.5 Å². The molecule has 27 heavy (non-hydrogen) atoms. The fourth-order valence-corrected chi connectivity index (χ4v) is 7.74. The van der Waals surface area contributed by atoms with Crippen molar-refractivity contribution < 1.29 is 13.2 Å². The van der Waals surface area contributed by atoms with Crippen molar-refractivity contribution in [1.82, 2.24) is 4.90 Å². The van der Waals surface area contributed by atoms with Crippen LogP contribution in [0.1, 0.15) is 49.8 Å². The minimum Gasteiger partial charge on any atom is -0.373 e. The maximum atomic E-state index is 11.6. The van der Waals surface area contributed by atoms with Crippen LogP contribution in [0.3, 0.4) is 0 Å². The summed E-state index contributed by atoms with van der Waals surface area (Å²) >= 11 is 6.56. The number of hydrogen-bond acceptors (Lipinski definition) is 4. The molecule has 3 aliphatic rings. The summed E-state index contributed by atoms with van der Waals surface area (Å²) in [5.41, 5.74) is 2.45. The summed E-state index contributed by atoms with van der Waals surface area (Å²) in [6.45, 7) is 6.09. The van der Waals surface area contributed by atoms with Gasteiger partial charge < -0.3 is 9.64 Å². The second kappa shape index (κ2) is 7.66. The highest BCUT2D eigenvalue weighted by atomic mass is 35.5. The summed E-state index contributed by atoms with van der Waals surface area (Å²) in [7, 11) is -2.74. The molecular weight excluding hydrogens is 382 g/mol. The highest BCUT2D eigenvalue weighted by Gasteiger charge is 2.51. The van der Waals surface area contributed by atoms with Gasteiger partial charge in [-0.15, -0.1) is 0 Å². The predicted molar refractivity (Wildman–Crippen MR) is 109 cm³/mol. The monoisotopic (exact) mass is 411 g/mol. The number of benzene rings is 1. The number of nitrogens with zero attached hydrogens (tertiary/aromatic N) is 1. The lowest BCUT2D eigenvalue weighted by molar-refractivity contribution is 0.0150. The van der Waals surface area contributed by atoms with E-state index >= 15 is 0 Å². The Morgan fingerprint density at radius 1 is 1.33 bits per heavy atom. The van der Waals surface area contributed by atoms with Crippen molar-refractivity contribution in [3.8, 4) is 0 Å². The van der Waals surface area contributed by atoms with E-state index in [0.717, 1.165) is 62.5 Å². The highest BCUT2D eigenvalue weighted by Crippen LogP contribution is 2.41. The van der Waals surface area contributed by atoms with Gasteiger partial charge in [-0.05, 0) is 61.8 Å². The zero-order chi connectivity index (χ0) is 19.1. The van der Waals surface area contributed by atoms with Gasteiger partial charge in [0.15, 0.2) is 9.84 Å². The smallest absolute Gasteiger partial charge is 0.151 e. The normalized spacial score (nSPS) is 28.1. The first-order chi connectivity index (χ1) is 12.8. The molecule has 0 amide bonds. The molecule has 0 saturated carbocycles. The molecule has 1 aromatic carbocycles. The Morgan fingerprint density at radius 2 is 2.15 bits per heavy atom. The molecule has 0 aromatic heterocycles. The first-order valence-electron chi connectivity index (χ1n) is 10.2. The van der Waals surface area contributed by atoms with Gasteiger partial charge in [-0.3, -0.25) is 0 Å². The molecule has 1 spiro atoms. The van der Waals surface area contributed by atoms with Crippen LogP contribution < -0.4 is 0 Å². The van der Waals surface area contributed by atoms with Crippen molar-refractivity contribution >= 4 is 21.4 Å². The summed E-state index contributed by atoms with van der Waals surface area (Å²) in [6, 6.07) is 6.44. The van der Waals surface area contributed by atoms with Gasteiger partial charge in [0.2, 0.25) is 0 Å². The van der Waals surface area contributed by atoms with Gasteiger partial charge in [0.25, 0.3) is 0 Å². The lowest BCUT2D eigenvalue weighted by Crippen LogP contribution is -2.50. The second-order valence-corrected chi connectivity index (χ2v) is 11.5. The SMILES string of the molecule is C[C@H](Cc1ccc([C@@H]2CCCCO2)c(Cl)c1)CN1CCC2(C1)CS(=O)(=O)C2. The molecule has 3 aliphatic heterocycles. The zero-order valence-corrected chi connectivity index (χ0v) is 17.7. The standard InChI is InChI=1S/C21H30ClNO3S/c1-16(12-23-8-7-21(13-23)14-27(24,25)15-21)10-17-5-6-18(19(22)11-17)20-4-2-3-9-26-20/h5-6,11,16,20H,2-4,7-10,12-15H2,1H3/t16-,20+/m1/s1. The van der Waals surface area contributed by atoms with Gasteiger partial charge in [0.05, 0.1) is 17.6 Å². The van der Waals surface area contributed by atoms with Crippen LogP contribution >= 0.6 is 11.6 Å². The van der Waals surface area contributed by atoms with E-state index in [1.807, 2.05) is 0 Å². The topological polar surface area (TPSA) is 46.6 Å². The summed E-state index contributed by atoms with van der Waals surface area (Å²) in [5.74, 6) is 1.31. The molecule has 0 N–H and O–H groups in total. The number of ether oxygens (including phenoxy) is 1. The molecule has 0 unspecified atom stereocenters. The van der Waals surface area contributed by atoms with Gasteiger partial charge in [0.1, 0.15) is 0 Å². The largest absolute Gasteiger partial charge is 0.373 e. The van der Waals surface area contributed by atoms with E-state index < -0.39 is 9.84 Å². The molecule has 3 heterocycles. The Labute approximate surface area is 168 Å². The van der Waals surface area contributed by atoms with Crippen LogP contribution in [0.5, 0.6) is 0 Å². The Balaban J connectivity index is 1.31. The summed E-state index contributed by atoms with van der Waals surface area (Å²) in [6.07, 6.45) is 5.58. The molecule has 2 atom stereocenters. The number of sulfone groups is 1. The van der Waals surface area contributed by atoms with Crippen molar-refractivity contribution in [2.24, 2.45) is 11.3 Å². The van der Waals surface area contributed by atoms with E-state index in [1.54, 1.807) is 0 Å². The lowest BCUT2D eigenvalue weighted by atomic mass is 9.91. The molecule has 0 aliphatic carbocycles. The van der Waals surface area contributed by atoms with Crippen LogP contribution in [0.2, 0.25) is 5.02 Å². The molecular formula is C21H30ClNO3S. The maximum Gasteiger partial charge on any atom is 0.151 e. The molecule has 3 saturated heterocycles. The first-order valence-corrected chi connectivity index (χ1v) is 12.4. The van der Waals surface area contributed by atoms with Crippen LogP contribution in [0.15, 0.2) is 18.2 Å². The second-order valence-electron chi connectivity index (χ2n) is 9.04. The number of likely N-dealkylation sites (tertiary alicyclic amines) is 1. The fourth-order valence-electron chi connectivity index (χ4n) is 5.16. The quantitative estimate of drug-likeness (QED) is 0.737. The molecule has 4 nitrogen and oxygen atoms in total. The van der Waals surface area contributed by atoms with Gasteiger partial charge in [-0.1, -0.05) is 30.7 Å². The van der Waals surface area contributed by atoms with Crippen molar-refractivity contribution in [2.75, 3.05) is 37.7 Å². The first kappa shape index (κ1) is 19.7. The molecule has 6 heteroatoms. The van der Waals surface area contributed by atoms with Crippen molar-refractivity contribution in [3.05, 3.63) is 34.3 Å². The summed E-state index contributed by atoms with van der Waals surface area (Å²) < 4.78 is 29.0. The van der Waals surface area contributed by atoms with Crippen LogP contribution in [0, 0.1) is 11.3 Å². The predicted octanol–water partition coefficient (Wildman–Crippen LogP) is 3.88. The Bertz CT molecular complexity index is 777. The third-order valence-electron chi connectivity index (χ3n) is 6.32. The number of rotatable bonds is 5. The number of hydrogen-bond donors (Lipinski definition) is 0. The Hall–Kier alpha value is -0.620. The van der Waals surface area contributed by atoms with E-state index in [2.05, 4.69) is 30.0 Å². The van der Waals surface area contributed by atoms with E-state index in [1.165, 1.54) is 12.0 Å². The molecule has 1 aromatic rings. The highest BCUT2D eigenvalue weighted by molar-refractivity contribution is 7.92. The van der Waals surface area contributed by atoms with Crippen molar-refractivity contribution in [1.29, 1.82) is 0 Å². The fraction of sp³-hybridized carbons (Fsp3) is 0.714. The van der Waals surface area contributed by atoms with Crippen LogP contribution in [0.4, 0.5) is 0 Å². The van der Waals surface area contributed by atoms with E-state index in [4.69, 9.17) is 16.3 Å². The zero-order valence-electron chi connectivity index (χ0n) is 16.1. The average molecular weight is 412 g/mol. The molecule has 150 valence electrons. The van der Waals surface area contributed by atoms with Crippen LogP contribution in [-0.2, 0) is 21.0 Å². The van der Waals surface area contributed by atoms with Crippen LogP contribution in [-0.4, -0.2) is 51.1 Å². The Kier molecular flexibility index (Phi) is 5.58. The number of halogens is 1. The molecule has 3 fully saturated rings. The molecule has 4 rings (SSSR count). The minimum atomic E-state index is -2.74. The minimum absolute atomic E-state index is 0.0590. The van der Waals surface area contributed by atoms with Gasteiger partial charge in [-0.25, -0.2) is 8.42 Å². The Morgan fingerprint density at radius 3 is 2.81 bits per heavy atom. The summed E-state index contributed by atoms with van der Waals surface area (Å²) in [4.78, 5) is 2.45. The van der Waals surface area contributed by atoms with Crippen molar-refractivity contribution in [3.63, 3.8) is 0 Å². The van der Waals surface area contributed by atoms with E-state index in [0.29, 0.717) is 17.4 Å². The third kappa shape index (κ3) is 4.52. The third-order valence-corrected chi connectivity index (χ3v) is 8.75. The summed E-state index contributed by atoms with van der Waals surface area (Å²) in [5, 5.41) is 0.825. The lowest BCUT2D eigenvalue weighted by Gasteiger charge is -2.37. The molecule has 0 radical (unpaired) electrons. The van der Waals surface area contributed by atoms with Gasteiger partial charge >= 0.3 is 0 Å². The van der Waals surface area contributed by atoms with Gasteiger partial charge in [0, 0.05) is 30.1 Å². The molecule has 0 bridgehead atoms. The van der Waals surface area contributed by atoms with Crippen LogP contribution in [0.25, 0.3) is 0 Å². The van der Waals surface area contributed by atoms with E-state index in [9.17, 15) is 8.42 Å². The maximum absolute atomic E-state index is 11.6. The van der Waals surface area contributed by atoms with Gasteiger partial charge in [-0.2, -0.15) is 0 Å².